The summed E-state index contributed by atoms with van der Waals surface area (Å²) >= 11 is 0.951. The van der Waals surface area contributed by atoms with Crippen molar-refractivity contribution < 1.29 is 24.1 Å². The van der Waals surface area contributed by atoms with E-state index in [9.17, 15) is 24.2 Å². The van der Waals surface area contributed by atoms with E-state index in [4.69, 9.17) is 4.74 Å². The molecule has 2 aromatic carbocycles. The lowest BCUT2D eigenvalue weighted by Crippen LogP contribution is -2.58. The molecule has 0 saturated carbocycles. The predicted octanol–water partition coefficient (Wildman–Crippen LogP) is 2.16. The number of halogens is 1. The average Bonchev–Trinajstić information content (AvgIpc) is 3.61. The summed E-state index contributed by atoms with van der Waals surface area (Å²) in [7, 11) is 0. The van der Waals surface area contributed by atoms with Gasteiger partial charge in [-0.1, -0.05) is 23.5 Å². The van der Waals surface area contributed by atoms with Crippen LogP contribution in [0.2, 0.25) is 0 Å². The maximum atomic E-state index is 14.6. The van der Waals surface area contributed by atoms with Gasteiger partial charge in [0.2, 0.25) is 5.91 Å². The molecule has 0 radical (unpaired) electrons. The van der Waals surface area contributed by atoms with Crippen LogP contribution in [0.5, 0.6) is 5.75 Å². The number of morpholine rings is 1. The zero-order chi connectivity index (χ0) is 31.6. The van der Waals surface area contributed by atoms with Crippen LogP contribution in [0.25, 0.3) is 10.2 Å². The molecule has 14 heteroatoms. The molecule has 2 saturated heterocycles. The second kappa shape index (κ2) is 13.3. The number of thiazole rings is 1. The van der Waals surface area contributed by atoms with Crippen molar-refractivity contribution >= 4 is 27.5 Å². The number of aliphatic hydroxyl groups is 1. The molecule has 2 aromatic heterocycles. The van der Waals surface area contributed by atoms with Crippen molar-refractivity contribution in [3.8, 4) is 5.75 Å². The lowest BCUT2D eigenvalue weighted by Gasteiger charge is -2.47. The number of phenolic OH excluding ortho intramolecular Hbond substituents is 1. The summed E-state index contributed by atoms with van der Waals surface area (Å²) in [5.41, 5.74) is 2.29. The Hall–Kier alpha value is -3.69. The van der Waals surface area contributed by atoms with E-state index in [1.165, 1.54) is 12.1 Å². The molecule has 1 amide bonds. The molecule has 2 aliphatic heterocycles. The van der Waals surface area contributed by atoms with Gasteiger partial charge in [-0.2, -0.15) is 5.10 Å². The van der Waals surface area contributed by atoms with Crippen molar-refractivity contribution in [3.63, 3.8) is 0 Å². The van der Waals surface area contributed by atoms with Crippen LogP contribution in [0.3, 0.4) is 0 Å². The smallest absolute Gasteiger partial charge is 0.305 e. The van der Waals surface area contributed by atoms with E-state index in [0.29, 0.717) is 66.6 Å². The molecular weight excluding hydrogens is 601 g/mol. The topological polar surface area (TPSA) is 160 Å². The highest BCUT2D eigenvalue weighted by atomic mass is 32.1. The summed E-state index contributed by atoms with van der Waals surface area (Å²) < 4.78 is 21.4. The van der Waals surface area contributed by atoms with E-state index in [2.05, 4.69) is 30.4 Å². The molecule has 6 rings (SSSR count). The van der Waals surface area contributed by atoms with E-state index >= 15 is 0 Å². The fourth-order valence-corrected chi connectivity index (χ4v) is 7.21. The number of aromatic amines is 2. The van der Waals surface area contributed by atoms with Crippen LogP contribution in [0.1, 0.15) is 47.3 Å². The summed E-state index contributed by atoms with van der Waals surface area (Å²) in [6.45, 7) is 6.39. The molecular formula is C31H38FN7O5S. The number of hydrogen-bond donors (Lipinski definition) is 5. The summed E-state index contributed by atoms with van der Waals surface area (Å²) in [5, 5.41) is 30.8. The molecule has 1 atom stereocenters. The number of aromatic hydroxyl groups is 1. The second-order valence-electron chi connectivity index (χ2n) is 12.0. The summed E-state index contributed by atoms with van der Waals surface area (Å²) in [4.78, 5) is 35.4. The number of nitrogens with zero attached hydrogens (tertiary/aromatic N) is 4. The van der Waals surface area contributed by atoms with Crippen molar-refractivity contribution in [1.29, 1.82) is 0 Å². The number of aryl methyl sites for hydroxylation is 1. The van der Waals surface area contributed by atoms with Gasteiger partial charge in [-0.3, -0.25) is 19.6 Å². The number of rotatable bonds is 10. The van der Waals surface area contributed by atoms with Crippen LogP contribution in [0.4, 0.5) is 4.39 Å². The van der Waals surface area contributed by atoms with Gasteiger partial charge in [0.25, 0.3) is 0 Å². The van der Waals surface area contributed by atoms with Crippen LogP contribution in [0.15, 0.2) is 35.1 Å². The van der Waals surface area contributed by atoms with E-state index in [0.717, 1.165) is 48.4 Å². The first kappa shape index (κ1) is 31.3. The third kappa shape index (κ3) is 7.42. The summed E-state index contributed by atoms with van der Waals surface area (Å²) in [5.74, 6) is 0.883. The molecule has 4 heterocycles. The minimum absolute atomic E-state index is 0.00652. The van der Waals surface area contributed by atoms with Crippen molar-refractivity contribution in [1.82, 2.24) is 35.3 Å². The van der Waals surface area contributed by atoms with Crippen molar-refractivity contribution in [2.45, 2.75) is 50.9 Å². The lowest BCUT2D eigenvalue weighted by molar-refractivity contribution is -0.159. The zero-order valence-corrected chi connectivity index (χ0v) is 26.0. The van der Waals surface area contributed by atoms with Crippen LogP contribution in [0, 0.1) is 12.7 Å². The Balaban J connectivity index is 0.978. The van der Waals surface area contributed by atoms with E-state index in [1.54, 1.807) is 12.1 Å². The van der Waals surface area contributed by atoms with Crippen LogP contribution < -0.4 is 10.2 Å². The van der Waals surface area contributed by atoms with Gasteiger partial charge in [-0.15, -0.1) is 0 Å². The van der Waals surface area contributed by atoms with Gasteiger partial charge >= 0.3 is 4.87 Å². The van der Waals surface area contributed by atoms with Gasteiger partial charge in [0.1, 0.15) is 22.9 Å². The van der Waals surface area contributed by atoms with E-state index in [1.807, 2.05) is 17.9 Å². The Labute approximate surface area is 263 Å². The third-order valence-electron chi connectivity index (χ3n) is 8.62. The molecule has 0 bridgehead atoms. The maximum Gasteiger partial charge on any atom is 0.305 e. The molecule has 4 aromatic rings. The van der Waals surface area contributed by atoms with E-state index in [-0.39, 0.29) is 40.9 Å². The Morgan fingerprint density at radius 3 is 2.80 bits per heavy atom. The number of phenols is 1. The first-order valence-electron chi connectivity index (χ1n) is 15.2. The van der Waals surface area contributed by atoms with Gasteiger partial charge in [-0.25, -0.2) is 9.37 Å². The Kier molecular flexibility index (Phi) is 9.28. The number of piperidine rings is 1. The highest BCUT2D eigenvalue weighted by Crippen LogP contribution is 2.32. The third-order valence-corrected chi connectivity index (χ3v) is 9.55. The monoisotopic (exact) mass is 639 g/mol. The standard InChI is InChI=1S/C31H38FN7O5S/c1-19-34-26(37-36-19)15-27(42)39-10-11-44-31(18-39)5-8-38(9-6-31)17-21-12-20(13-22(32)14-21)4-7-33-16-25(41)23-2-3-24(40)28-29(23)45-30(43)35-28/h2-3,12-14,25,33,40-41H,4-11,15-18H2,1H3,(H,35,43)(H,34,36,37)/t25-/m0/s1. The van der Waals surface area contributed by atoms with Gasteiger partial charge in [0, 0.05) is 44.8 Å². The first-order chi connectivity index (χ1) is 21.7. The van der Waals surface area contributed by atoms with Crippen LogP contribution in [-0.4, -0.2) is 97.6 Å². The molecule has 5 N–H and O–H groups in total. The fraction of sp³-hybridized carbons (Fsp3) is 0.484. The quantitative estimate of drug-likeness (QED) is 0.164. The molecule has 0 unspecified atom stereocenters. The second-order valence-corrected chi connectivity index (χ2v) is 13.0. The summed E-state index contributed by atoms with van der Waals surface area (Å²) in [6.07, 6.45) is 1.45. The van der Waals surface area contributed by atoms with Gasteiger partial charge in [-0.05, 0) is 62.1 Å². The number of carbonyl (C=O) groups is 1. The highest BCUT2D eigenvalue weighted by Gasteiger charge is 2.41. The largest absolute Gasteiger partial charge is 0.506 e. The number of likely N-dealkylation sites (tertiary alicyclic amines) is 1. The number of aliphatic hydroxyl groups excluding tert-OH is 1. The highest BCUT2D eigenvalue weighted by molar-refractivity contribution is 7.16. The molecule has 12 nitrogen and oxygen atoms in total. The number of benzene rings is 2. The van der Waals surface area contributed by atoms with Crippen molar-refractivity contribution in [2.75, 3.05) is 45.9 Å². The number of H-pyrrole nitrogens is 2. The van der Waals surface area contributed by atoms with Crippen LogP contribution >= 0.6 is 11.3 Å². The average molecular weight is 640 g/mol. The molecule has 45 heavy (non-hydrogen) atoms. The zero-order valence-electron chi connectivity index (χ0n) is 25.1. The minimum atomic E-state index is -0.874. The molecule has 1 spiro atoms. The molecule has 240 valence electrons. The number of ether oxygens (including phenoxy) is 1. The number of hydrogen-bond acceptors (Lipinski definition) is 10. The van der Waals surface area contributed by atoms with E-state index < -0.39 is 6.10 Å². The first-order valence-corrected chi connectivity index (χ1v) is 16.0. The fourth-order valence-electron chi connectivity index (χ4n) is 6.29. The number of aromatic nitrogens is 4. The molecule has 2 aliphatic rings. The van der Waals surface area contributed by atoms with Gasteiger partial charge in [0.05, 0.1) is 29.4 Å². The number of amides is 1. The normalized spacial score (nSPS) is 17.7. The minimum Gasteiger partial charge on any atom is -0.506 e. The SMILES string of the molecule is Cc1nc(CC(=O)N2CCOC3(CCN(Cc4cc(F)cc(CCNC[C@H](O)c5ccc(O)c6[nH]c(=O)sc56)c4)CC3)C2)n[nH]1. The van der Waals surface area contributed by atoms with Crippen molar-refractivity contribution in [2.24, 2.45) is 0 Å². The Morgan fingerprint density at radius 1 is 1.22 bits per heavy atom. The molecule has 2 fully saturated rings. The Morgan fingerprint density at radius 2 is 2.02 bits per heavy atom. The lowest BCUT2D eigenvalue weighted by atomic mass is 9.89. The number of nitrogens with one attached hydrogen (secondary N) is 3. The predicted molar refractivity (Wildman–Crippen MR) is 167 cm³/mol. The molecule has 0 aliphatic carbocycles. The number of fused-ring (bicyclic) bond motifs is 1. The van der Waals surface area contributed by atoms with Gasteiger partial charge < -0.3 is 30.2 Å². The van der Waals surface area contributed by atoms with Gasteiger partial charge in [0.15, 0.2) is 5.82 Å². The Bertz CT molecular complexity index is 1710. The van der Waals surface area contributed by atoms with Crippen molar-refractivity contribution in [3.05, 3.63) is 74.2 Å². The maximum absolute atomic E-state index is 14.6. The van der Waals surface area contributed by atoms with Crippen LogP contribution in [-0.2, 0) is 28.9 Å². The summed E-state index contributed by atoms with van der Waals surface area (Å²) in [6, 6.07) is 8.21. The number of carbonyl (C=O) groups excluding carboxylic acids is 1.